The first kappa shape index (κ1) is 58.8. The van der Waals surface area contributed by atoms with Crippen LogP contribution < -0.4 is 14.0 Å². The highest BCUT2D eigenvalue weighted by atomic mass is 19.2. The molecule has 0 bridgehead atoms. The third-order valence-electron chi connectivity index (χ3n) is 12.1. The number of nitrogens with zero attached hydrogens (tertiary/aromatic N) is 1. The molecule has 0 saturated carbocycles. The number of quaternary nitrogens is 1. The minimum Gasteiger partial charge on any atom is -0.489 e. The van der Waals surface area contributed by atoms with Crippen molar-refractivity contribution in [3.05, 3.63) is 124 Å². The van der Waals surface area contributed by atoms with Gasteiger partial charge < -0.3 is 18.4 Å². The van der Waals surface area contributed by atoms with Crippen LogP contribution in [0.4, 0.5) is 52.7 Å². The summed E-state index contributed by atoms with van der Waals surface area (Å²) in [6.45, 7) is 10.1. The molecule has 0 heterocycles. The Labute approximate surface area is 400 Å². The van der Waals surface area contributed by atoms with Gasteiger partial charge >= 0.3 is 7.32 Å². The largest absolute Gasteiger partial charge is 0.864 e. The maximum Gasteiger partial charge on any atom is 0.864 e. The van der Waals surface area contributed by atoms with E-state index in [2.05, 4.69) is 13.0 Å². The molecule has 0 radical (unpaired) electrons. The van der Waals surface area contributed by atoms with Crippen molar-refractivity contribution in [2.75, 3.05) is 19.6 Å². The zero-order valence-electron chi connectivity index (χ0n) is 40.2. The van der Waals surface area contributed by atoms with Gasteiger partial charge in [-0.1, -0.05) is 124 Å². The van der Waals surface area contributed by atoms with Gasteiger partial charge in [-0.3, -0.25) is 8.78 Å². The molecule has 4 rings (SSSR count). The van der Waals surface area contributed by atoms with E-state index in [-0.39, 0.29) is 5.56 Å². The van der Waals surface area contributed by atoms with Crippen molar-refractivity contribution >= 4 is 7.32 Å². The van der Waals surface area contributed by atoms with Gasteiger partial charge in [0, 0.05) is 48.4 Å². The van der Waals surface area contributed by atoms with E-state index in [1.165, 1.54) is 44.9 Å². The summed E-state index contributed by atoms with van der Waals surface area (Å²) in [6, 6.07) is 5.08. The summed E-state index contributed by atoms with van der Waals surface area (Å²) < 4.78 is 186. The molecule has 4 nitrogen and oxygen atoms in total. The van der Waals surface area contributed by atoms with Gasteiger partial charge in [0.1, 0.15) is 23.3 Å². The van der Waals surface area contributed by atoms with E-state index in [1.807, 2.05) is 20.8 Å². The number of hydrogen-bond donors (Lipinski definition) is 0. The maximum absolute atomic E-state index is 16.7. The molecule has 0 N–H and O–H groups in total. The second-order valence-corrected chi connectivity index (χ2v) is 17.4. The van der Waals surface area contributed by atoms with Crippen LogP contribution in [0.15, 0.2) is 42.5 Å². The molecule has 69 heavy (non-hydrogen) atoms. The third kappa shape index (κ3) is 18.6. The quantitative estimate of drug-likeness (QED) is 0.0126. The number of hydrogen-bond acceptors (Lipinski definition) is 3. The Morgan fingerprint density at radius 3 is 1.13 bits per heavy atom. The average Bonchev–Trinajstić information content (AvgIpc) is 3.31. The second-order valence-electron chi connectivity index (χ2n) is 17.4. The Kier molecular flexibility index (Phi) is 26.4. The molecule has 0 aliphatic carbocycles. The predicted molar refractivity (Wildman–Crippen MR) is 244 cm³/mol. The van der Waals surface area contributed by atoms with Gasteiger partial charge in [-0.2, -0.15) is 6.07 Å². The van der Waals surface area contributed by atoms with Crippen LogP contribution in [-0.4, -0.2) is 31.4 Å². The molecule has 0 fully saturated rings. The number of unbranched alkanes of at least 4 members (excludes halogenated alkanes) is 15. The molecule has 0 saturated heterocycles. The van der Waals surface area contributed by atoms with Crippen LogP contribution >= 0.6 is 0 Å². The Morgan fingerprint density at radius 2 is 0.754 bits per heavy atom. The van der Waals surface area contributed by atoms with Crippen LogP contribution in [-0.2, 0) is 0 Å². The third-order valence-corrected chi connectivity index (χ3v) is 12.1. The monoisotopic (exact) mass is 991 g/mol. The van der Waals surface area contributed by atoms with E-state index in [4.69, 9.17) is 14.0 Å². The lowest BCUT2D eigenvalue weighted by Gasteiger charge is -2.46. The van der Waals surface area contributed by atoms with Crippen molar-refractivity contribution in [1.29, 1.82) is 0 Å². The summed E-state index contributed by atoms with van der Waals surface area (Å²) in [6.07, 6.45) is 19.5. The van der Waals surface area contributed by atoms with Gasteiger partial charge in [0.15, 0.2) is 52.4 Å². The fraction of sp³-hybridized carbons (Fsp3) is 0.538. The van der Waals surface area contributed by atoms with Gasteiger partial charge in [0.2, 0.25) is 0 Å². The van der Waals surface area contributed by atoms with E-state index in [9.17, 15) is 39.5 Å². The molecule has 0 amide bonds. The molecule has 0 aromatic heterocycles. The lowest BCUT2D eigenvalue weighted by atomic mass is 9.92. The molecule has 4 aromatic rings. The summed E-state index contributed by atoms with van der Waals surface area (Å²) in [7, 11) is -2.33. The predicted octanol–water partition coefficient (Wildman–Crippen LogP) is 17.1. The number of halogens is 12. The normalized spacial score (nSPS) is 11.9. The highest BCUT2D eigenvalue weighted by Gasteiger charge is 2.43. The van der Waals surface area contributed by atoms with E-state index < -0.39 is 100 Å². The van der Waals surface area contributed by atoms with Crippen LogP contribution in [0.3, 0.4) is 0 Å². The van der Waals surface area contributed by atoms with Crippen molar-refractivity contribution in [3.63, 3.8) is 0 Å². The van der Waals surface area contributed by atoms with Crippen molar-refractivity contribution in [3.8, 4) is 17.2 Å². The molecule has 0 spiro atoms. The molecular formula is C52H66BF12NO3. The van der Waals surface area contributed by atoms with E-state index in [0.717, 1.165) is 82.8 Å². The fourth-order valence-electron chi connectivity index (χ4n) is 8.29. The highest BCUT2D eigenvalue weighted by Crippen LogP contribution is 2.43. The highest BCUT2D eigenvalue weighted by molar-refractivity contribution is 6.39. The lowest BCUT2D eigenvalue weighted by molar-refractivity contribution is -0.958. The zero-order valence-corrected chi connectivity index (χ0v) is 40.2. The fourth-order valence-corrected chi connectivity index (χ4v) is 8.29. The average molecular weight is 992 g/mol. The van der Waals surface area contributed by atoms with E-state index >= 15 is 13.2 Å². The zero-order chi connectivity index (χ0) is 50.9. The van der Waals surface area contributed by atoms with Gasteiger partial charge in [-0.25, -0.2) is 43.9 Å². The molecule has 1 atom stereocenters. The van der Waals surface area contributed by atoms with Gasteiger partial charge in [-0.15, -0.1) is 12.1 Å². The molecule has 0 aliphatic heterocycles. The first-order valence-electron chi connectivity index (χ1n) is 24.4. The summed E-state index contributed by atoms with van der Waals surface area (Å²) in [5.41, 5.74) is -0.318. The Balaban J connectivity index is 0.00000125. The molecular weight excluding hydrogens is 925 g/mol. The summed E-state index contributed by atoms with van der Waals surface area (Å²) in [5.74, 6) is -21.2. The topological polar surface area (TPSA) is 27.7 Å². The summed E-state index contributed by atoms with van der Waals surface area (Å²) in [4.78, 5) is 0. The minimum absolute atomic E-state index is 0.318. The maximum atomic E-state index is 16.7. The van der Waals surface area contributed by atoms with Crippen LogP contribution in [0.2, 0.25) is 0 Å². The molecule has 4 aromatic carbocycles. The van der Waals surface area contributed by atoms with E-state index in [0.29, 0.717) is 67.3 Å². The van der Waals surface area contributed by atoms with Crippen molar-refractivity contribution in [2.45, 2.75) is 162 Å². The van der Waals surface area contributed by atoms with Crippen LogP contribution in [0, 0.1) is 75.9 Å². The summed E-state index contributed by atoms with van der Waals surface area (Å²) >= 11 is 0. The molecule has 1 unspecified atom stereocenters. The van der Waals surface area contributed by atoms with E-state index in [1.54, 1.807) is 0 Å². The van der Waals surface area contributed by atoms with Gasteiger partial charge in [-0.05, 0) is 25.7 Å². The Morgan fingerprint density at radius 1 is 0.406 bits per heavy atom. The SMILES string of the molecule is CCCCCCCCCCCCCCCC(c1c(OB(Oc2cc(F)c(F)c(F)c2)Oc2cc(F)c(F)c(F)c2)cc(F)c(F)c1F)[N+](CCCC)(CCCC)CCCC.Fc1c[c-]cc(F)c1F. The molecule has 17 heteroatoms. The van der Waals surface area contributed by atoms with Gasteiger partial charge in [0.05, 0.1) is 31.0 Å². The minimum atomic E-state index is -2.33. The van der Waals surface area contributed by atoms with Crippen LogP contribution in [0.1, 0.15) is 168 Å². The first-order valence-corrected chi connectivity index (χ1v) is 24.4. The molecule has 0 aliphatic rings. The van der Waals surface area contributed by atoms with Crippen molar-refractivity contribution in [1.82, 2.24) is 0 Å². The van der Waals surface area contributed by atoms with Crippen molar-refractivity contribution < 1.29 is 71.1 Å². The molecule has 384 valence electrons. The number of rotatable bonds is 31. The second kappa shape index (κ2) is 30.9. The lowest BCUT2D eigenvalue weighted by Crippen LogP contribution is -2.53. The Hall–Kier alpha value is -4.54. The van der Waals surface area contributed by atoms with Crippen LogP contribution in [0.25, 0.3) is 0 Å². The van der Waals surface area contributed by atoms with Crippen LogP contribution in [0.5, 0.6) is 17.2 Å². The number of benzene rings is 4. The standard InChI is InChI=1S/C46H64BF9NO3.C6H2F3/c1-5-9-13-14-15-16-17-18-19-20-21-22-23-24-40(57(25-10-6-2,26-11-7-3)27-12-8-4)42-41(32-39(52)45(55)46(42)56)60-47(58-33-28-35(48)43(53)36(49)29-33)59-34-30-37(50)44(54)38(51)31-34;7-4-2-1-3-5(8)6(4)9/h28-32,40H,5-27H2,1-4H3;2-3H/q+1;-1. The Bertz CT molecular complexity index is 2000. The summed E-state index contributed by atoms with van der Waals surface area (Å²) in [5, 5.41) is 0. The first-order chi connectivity index (χ1) is 33.0. The van der Waals surface area contributed by atoms with Crippen molar-refractivity contribution in [2.24, 2.45) is 0 Å². The van der Waals surface area contributed by atoms with Gasteiger partial charge in [0.25, 0.3) is 0 Å². The smallest absolute Gasteiger partial charge is 0.489 e.